The Labute approximate surface area is 129 Å². The molecule has 1 aromatic rings. The first-order valence-corrected chi connectivity index (χ1v) is 8.65. The molecule has 2 atom stereocenters. The van der Waals surface area contributed by atoms with Crippen LogP contribution in [0.1, 0.15) is 48.7 Å². The van der Waals surface area contributed by atoms with Gasteiger partial charge in [-0.05, 0) is 37.6 Å². The standard InChI is InChI=1S/C16H22N2O2S/c1-2-18-13-6-3-8-16(13,9-7-14(18)19)11-17-15(20)12-5-4-10-21-12/h4-5,10,13H,2-3,6-9,11H2,1H3,(H,17,20). The minimum atomic E-state index is 0.0185. The number of likely N-dealkylation sites (tertiary alicyclic amines) is 1. The minimum Gasteiger partial charge on any atom is -0.351 e. The molecule has 1 N–H and O–H groups in total. The van der Waals surface area contributed by atoms with Crippen molar-refractivity contribution < 1.29 is 9.59 Å². The lowest BCUT2D eigenvalue weighted by atomic mass is 9.74. The number of thiophene rings is 1. The molecule has 1 aliphatic carbocycles. The fourth-order valence-corrected chi connectivity index (χ4v) is 4.65. The third kappa shape index (κ3) is 2.59. The quantitative estimate of drug-likeness (QED) is 0.929. The Bertz CT molecular complexity index is 528. The van der Waals surface area contributed by atoms with Gasteiger partial charge < -0.3 is 10.2 Å². The maximum Gasteiger partial charge on any atom is 0.261 e. The second-order valence-corrected chi connectivity index (χ2v) is 7.06. The highest BCUT2D eigenvalue weighted by Crippen LogP contribution is 2.47. The molecule has 0 spiro atoms. The summed E-state index contributed by atoms with van der Waals surface area (Å²) in [6, 6.07) is 4.06. The third-order valence-electron chi connectivity index (χ3n) is 5.08. The van der Waals surface area contributed by atoms with E-state index in [4.69, 9.17) is 0 Å². The molecule has 0 radical (unpaired) electrons. The Morgan fingerprint density at radius 1 is 1.52 bits per heavy atom. The SMILES string of the molecule is CCN1C(=O)CCC2(CNC(=O)c3cccs3)CCCC12. The molecule has 2 amide bonds. The van der Waals surface area contributed by atoms with Crippen molar-refractivity contribution in [3.63, 3.8) is 0 Å². The van der Waals surface area contributed by atoms with Crippen LogP contribution in [0.2, 0.25) is 0 Å². The van der Waals surface area contributed by atoms with E-state index in [-0.39, 0.29) is 17.2 Å². The van der Waals surface area contributed by atoms with Crippen molar-refractivity contribution >= 4 is 23.2 Å². The molecule has 1 saturated carbocycles. The molecule has 0 aromatic carbocycles. The van der Waals surface area contributed by atoms with E-state index in [2.05, 4.69) is 12.2 Å². The molecule has 1 aliphatic heterocycles. The number of carbonyl (C=O) groups excluding carboxylic acids is 2. The van der Waals surface area contributed by atoms with Gasteiger partial charge in [0, 0.05) is 31.0 Å². The molecule has 5 heteroatoms. The Kier molecular flexibility index (Phi) is 4.02. The van der Waals surface area contributed by atoms with E-state index in [0.717, 1.165) is 37.1 Å². The van der Waals surface area contributed by atoms with Crippen molar-refractivity contribution in [2.24, 2.45) is 5.41 Å². The van der Waals surface area contributed by atoms with Crippen LogP contribution >= 0.6 is 11.3 Å². The number of fused-ring (bicyclic) bond motifs is 1. The van der Waals surface area contributed by atoms with Gasteiger partial charge in [-0.2, -0.15) is 0 Å². The van der Waals surface area contributed by atoms with Gasteiger partial charge in [-0.1, -0.05) is 12.5 Å². The van der Waals surface area contributed by atoms with Gasteiger partial charge in [-0.15, -0.1) is 11.3 Å². The Hall–Kier alpha value is -1.36. The van der Waals surface area contributed by atoms with Gasteiger partial charge in [0.25, 0.3) is 5.91 Å². The molecular formula is C16H22N2O2S. The van der Waals surface area contributed by atoms with Crippen molar-refractivity contribution in [2.45, 2.75) is 45.1 Å². The van der Waals surface area contributed by atoms with Gasteiger partial charge in [-0.3, -0.25) is 9.59 Å². The summed E-state index contributed by atoms with van der Waals surface area (Å²) in [6.07, 6.45) is 4.89. The molecular weight excluding hydrogens is 284 g/mol. The lowest BCUT2D eigenvalue weighted by molar-refractivity contribution is -0.141. The summed E-state index contributed by atoms with van der Waals surface area (Å²) < 4.78 is 0. The van der Waals surface area contributed by atoms with Gasteiger partial charge in [0.15, 0.2) is 0 Å². The highest BCUT2D eigenvalue weighted by Gasteiger charge is 2.49. The van der Waals surface area contributed by atoms with Crippen LogP contribution in [0.3, 0.4) is 0 Å². The first-order valence-electron chi connectivity index (χ1n) is 7.77. The first kappa shape index (κ1) is 14.6. The molecule has 2 fully saturated rings. The second kappa shape index (κ2) is 5.79. The number of carbonyl (C=O) groups is 2. The number of nitrogens with one attached hydrogen (secondary N) is 1. The molecule has 4 nitrogen and oxygen atoms in total. The van der Waals surface area contributed by atoms with Crippen molar-refractivity contribution in [3.05, 3.63) is 22.4 Å². The van der Waals surface area contributed by atoms with E-state index in [1.165, 1.54) is 11.3 Å². The summed E-state index contributed by atoms with van der Waals surface area (Å²) in [7, 11) is 0. The molecule has 21 heavy (non-hydrogen) atoms. The van der Waals surface area contributed by atoms with Gasteiger partial charge in [0.1, 0.15) is 0 Å². The summed E-state index contributed by atoms with van der Waals surface area (Å²) in [5.41, 5.74) is 0.0941. The molecule has 3 rings (SSSR count). The summed E-state index contributed by atoms with van der Waals surface area (Å²) >= 11 is 1.47. The van der Waals surface area contributed by atoms with Crippen LogP contribution in [0.15, 0.2) is 17.5 Å². The van der Waals surface area contributed by atoms with Crippen LogP contribution in [0.5, 0.6) is 0 Å². The highest BCUT2D eigenvalue weighted by atomic mass is 32.1. The van der Waals surface area contributed by atoms with E-state index in [0.29, 0.717) is 19.0 Å². The van der Waals surface area contributed by atoms with E-state index in [1.807, 2.05) is 22.4 Å². The van der Waals surface area contributed by atoms with Crippen molar-refractivity contribution in [1.82, 2.24) is 10.2 Å². The Morgan fingerprint density at radius 3 is 3.10 bits per heavy atom. The fourth-order valence-electron chi connectivity index (χ4n) is 4.01. The van der Waals surface area contributed by atoms with Gasteiger partial charge in [0.2, 0.25) is 5.91 Å². The normalized spacial score (nSPS) is 28.5. The zero-order valence-electron chi connectivity index (χ0n) is 12.4. The predicted octanol–water partition coefficient (Wildman–Crippen LogP) is 2.66. The number of piperidine rings is 1. The van der Waals surface area contributed by atoms with Gasteiger partial charge in [0.05, 0.1) is 4.88 Å². The lowest BCUT2D eigenvalue weighted by Gasteiger charge is -2.46. The highest BCUT2D eigenvalue weighted by molar-refractivity contribution is 7.12. The summed E-state index contributed by atoms with van der Waals surface area (Å²) in [6.45, 7) is 3.53. The largest absolute Gasteiger partial charge is 0.351 e. The lowest BCUT2D eigenvalue weighted by Crippen LogP contribution is -2.55. The number of hydrogen-bond donors (Lipinski definition) is 1. The Morgan fingerprint density at radius 2 is 2.38 bits per heavy atom. The monoisotopic (exact) mass is 306 g/mol. The van der Waals surface area contributed by atoms with E-state index >= 15 is 0 Å². The van der Waals surface area contributed by atoms with E-state index < -0.39 is 0 Å². The van der Waals surface area contributed by atoms with Crippen LogP contribution in [0.25, 0.3) is 0 Å². The van der Waals surface area contributed by atoms with Crippen LogP contribution in [-0.4, -0.2) is 35.8 Å². The molecule has 1 aromatic heterocycles. The number of rotatable bonds is 4. The van der Waals surface area contributed by atoms with Crippen LogP contribution in [0, 0.1) is 5.41 Å². The van der Waals surface area contributed by atoms with Gasteiger partial charge in [-0.25, -0.2) is 0 Å². The van der Waals surface area contributed by atoms with Gasteiger partial charge >= 0.3 is 0 Å². The summed E-state index contributed by atoms with van der Waals surface area (Å²) in [5, 5.41) is 5.03. The topological polar surface area (TPSA) is 49.4 Å². The zero-order valence-corrected chi connectivity index (χ0v) is 13.2. The maximum absolute atomic E-state index is 12.2. The average molecular weight is 306 g/mol. The van der Waals surface area contributed by atoms with E-state index in [9.17, 15) is 9.59 Å². The van der Waals surface area contributed by atoms with Crippen molar-refractivity contribution in [2.75, 3.05) is 13.1 Å². The number of amides is 2. The zero-order chi connectivity index (χ0) is 14.9. The maximum atomic E-state index is 12.2. The Balaban J connectivity index is 1.71. The number of hydrogen-bond acceptors (Lipinski definition) is 3. The number of nitrogens with zero attached hydrogens (tertiary/aromatic N) is 1. The molecule has 114 valence electrons. The molecule has 2 aliphatic rings. The van der Waals surface area contributed by atoms with Crippen LogP contribution < -0.4 is 5.32 Å². The third-order valence-corrected chi connectivity index (χ3v) is 5.95. The minimum absolute atomic E-state index is 0.0185. The summed E-state index contributed by atoms with van der Waals surface area (Å²) in [4.78, 5) is 27.0. The van der Waals surface area contributed by atoms with Crippen molar-refractivity contribution in [3.8, 4) is 0 Å². The average Bonchev–Trinajstić information content (AvgIpc) is 3.15. The first-order chi connectivity index (χ1) is 10.2. The van der Waals surface area contributed by atoms with Crippen LogP contribution in [0.4, 0.5) is 0 Å². The second-order valence-electron chi connectivity index (χ2n) is 6.11. The summed E-state index contributed by atoms with van der Waals surface area (Å²) in [5.74, 6) is 0.301. The van der Waals surface area contributed by atoms with Crippen LogP contribution in [-0.2, 0) is 4.79 Å². The fraction of sp³-hybridized carbons (Fsp3) is 0.625. The predicted molar refractivity (Wildman–Crippen MR) is 83.3 cm³/mol. The van der Waals surface area contributed by atoms with Crippen molar-refractivity contribution in [1.29, 1.82) is 0 Å². The molecule has 2 unspecified atom stereocenters. The molecule has 1 saturated heterocycles. The molecule has 0 bridgehead atoms. The smallest absolute Gasteiger partial charge is 0.261 e. The molecule has 2 heterocycles. The van der Waals surface area contributed by atoms with E-state index in [1.54, 1.807) is 0 Å².